The molecule has 0 spiro atoms. The number of nitrogens with one attached hydrogen (secondary N) is 4. The van der Waals surface area contributed by atoms with E-state index in [1.165, 1.54) is 34.7 Å². The Labute approximate surface area is 473 Å². The Hall–Kier alpha value is -7.38. The number of hydrogen-bond acceptors (Lipinski definition) is 15. The average Bonchev–Trinajstić information content (AvgIpc) is 4.29. The molecule has 4 atom stereocenters. The average molecular weight is 1150 g/mol. The van der Waals surface area contributed by atoms with E-state index in [-0.39, 0.29) is 80.0 Å². The van der Waals surface area contributed by atoms with Crippen molar-refractivity contribution in [2.24, 2.45) is 11.3 Å². The van der Waals surface area contributed by atoms with Crippen LogP contribution in [0.4, 0.5) is 10.8 Å². The van der Waals surface area contributed by atoms with Crippen LogP contribution in [-0.4, -0.2) is 149 Å². The molecule has 426 valence electrons. The number of piperidine rings is 1. The van der Waals surface area contributed by atoms with E-state index >= 15 is 0 Å². The molecule has 6 amide bonds. The zero-order valence-electron chi connectivity index (χ0n) is 45.2. The van der Waals surface area contributed by atoms with Gasteiger partial charge in [0.25, 0.3) is 6.47 Å². The van der Waals surface area contributed by atoms with Crippen LogP contribution >= 0.6 is 22.7 Å². The summed E-state index contributed by atoms with van der Waals surface area (Å²) < 4.78 is 24.9. The van der Waals surface area contributed by atoms with Gasteiger partial charge in [0.15, 0.2) is 5.13 Å². The number of thiazole rings is 2. The summed E-state index contributed by atoms with van der Waals surface area (Å²) in [5, 5.41) is 31.6. The molecule has 2 fully saturated rings. The molecule has 0 saturated carbocycles. The van der Waals surface area contributed by atoms with Crippen molar-refractivity contribution in [2.75, 3.05) is 55.7 Å². The van der Waals surface area contributed by atoms with Gasteiger partial charge in [0.2, 0.25) is 46.0 Å². The SMILES string of the molecule is Cc1ncsc1-c1ccc(CNC(=O)[C@@H]2C[C@@H](O)CN2C(=O)[C@@H](NC(=O)CCN2CCC(C(=O)NCC3(c4csc(NC(=O)CN(C=O)c5ccn(S(C)(=O)=O)c5)n4)C=CC=C(c4ccccc4)C3)CC2)C(C)(C)C)cc1.O=CO. The first-order chi connectivity index (χ1) is 38.1. The number of allylic oxidation sites excluding steroid dienone is 3. The maximum absolute atomic E-state index is 14.2. The molecule has 0 radical (unpaired) electrons. The van der Waals surface area contributed by atoms with Crippen molar-refractivity contribution in [3.63, 3.8) is 0 Å². The van der Waals surface area contributed by atoms with Crippen molar-refractivity contribution in [2.45, 2.75) is 89.9 Å². The Bertz CT molecular complexity index is 3180. The van der Waals surface area contributed by atoms with Gasteiger partial charge < -0.3 is 46.2 Å². The number of nitrogens with zero attached hydrogens (tertiary/aromatic N) is 6. The van der Waals surface area contributed by atoms with E-state index < -0.39 is 50.9 Å². The maximum Gasteiger partial charge on any atom is 0.290 e. The van der Waals surface area contributed by atoms with Gasteiger partial charge in [-0.3, -0.25) is 37.5 Å². The van der Waals surface area contributed by atoms with Gasteiger partial charge in [-0.1, -0.05) is 93.6 Å². The van der Waals surface area contributed by atoms with E-state index in [2.05, 4.69) is 31.2 Å². The lowest BCUT2D eigenvalue weighted by Gasteiger charge is -2.36. The molecule has 1 unspecified atom stereocenters. The Balaban J connectivity index is 0.00000301. The Morgan fingerprint density at radius 3 is 2.30 bits per heavy atom. The topological polar surface area (TPSA) is 283 Å². The van der Waals surface area contributed by atoms with E-state index in [9.17, 15) is 42.3 Å². The molecule has 21 nitrogen and oxygen atoms in total. The number of carbonyl (C=O) groups excluding carboxylic acids is 6. The number of benzene rings is 2. The Morgan fingerprint density at radius 2 is 1.66 bits per heavy atom. The molecule has 24 heteroatoms. The summed E-state index contributed by atoms with van der Waals surface area (Å²) in [5.41, 5.74) is 6.11. The smallest absolute Gasteiger partial charge is 0.290 e. The highest BCUT2D eigenvalue weighted by molar-refractivity contribution is 7.89. The van der Waals surface area contributed by atoms with Gasteiger partial charge in [-0.2, -0.15) is 0 Å². The summed E-state index contributed by atoms with van der Waals surface area (Å²) in [7, 11) is -3.59. The van der Waals surface area contributed by atoms with Gasteiger partial charge in [0.1, 0.15) is 18.6 Å². The summed E-state index contributed by atoms with van der Waals surface area (Å²) in [4.78, 5) is 104. The van der Waals surface area contributed by atoms with E-state index in [1.807, 2.05) is 106 Å². The molecule has 2 aliphatic heterocycles. The molecule has 2 aromatic carbocycles. The minimum atomic E-state index is -3.59. The van der Waals surface area contributed by atoms with Gasteiger partial charge in [0.05, 0.1) is 45.2 Å². The van der Waals surface area contributed by atoms with Gasteiger partial charge in [-0.15, -0.1) is 22.7 Å². The molecular weight excluding hydrogens is 1080 g/mol. The van der Waals surface area contributed by atoms with Crippen LogP contribution in [0.3, 0.4) is 0 Å². The third-order valence-electron chi connectivity index (χ3n) is 14.3. The van der Waals surface area contributed by atoms with Crippen LogP contribution in [0.1, 0.15) is 75.4 Å². The lowest BCUT2D eigenvalue weighted by atomic mass is 9.74. The van der Waals surface area contributed by atoms with Crippen LogP contribution in [-0.2, 0) is 55.5 Å². The molecule has 5 heterocycles. The van der Waals surface area contributed by atoms with Gasteiger partial charge >= 0.3 is 0 Å². The van der Waals surface area contributed by atoms with E-state index in [0.717, 1.165) is 48.0 Å². The van der Waals surface area contributed by atoms with Crippen LogP contribution in [0.5, 0.6) is 0 Å². The second-order valence-electron chi connectivity index (χ2n) is 21.2. The summed E-state index contributed by atoms with van der Waals surface area (Å²) in [6.07, 6.45) is 11.0. The number of hydrogen-bond donors (Lipinski definition) is 6. The first-order valence-corrected chi connectivity index (χ1v) is 29.6. The lowest BCUT2D eigenvalue weighted by molar-refractivity contribution is -0.144. The number of anilines is 2. The molecule has 2 saturated heterocycles. The highest BCUT2D eigenvalue weighted by Crippen LogP contribution is 2.40. The Kier molecular flexibility index (Phi) is 20.1. The first-order valence-electron chi connectivity index (χ1n) is 26.0. The van der Waals surface area contributed by atoms with Crippen molar-refractivity contribution >= 4 is 91.5 Å². The fourth-order valence-corrected chi connectivity index (χ4v) is 12.2. The minimum Gasteiger partial charge on any atom is -0.483 e. The summed E-state index contributed by atoms with van der Waals surface area (Å²) in [5.74, 6) is -2.05. The molecule has 3 aromatic heterocycles. The highest BCUT2D eigenvalue weighted by atomic mass is 32.2. The number of carboxylic acid groups (broad SMARTS) is 1. The fraction of sp³-hybridized carbons (Fsp3) is 0.411. The predicted molar refractivity (Wildman–Crippen MR) is 306 cm³/mol. The summed E-state index contributed by atoms with van der Waals surface area (Å²) in [6, 6.07) is 17.3. The quantitative estimate of drug-likeness (QED) is 0.0572. The highest BCUT2D eigenvalue weighted by Gasteiger charge is 2.45. The van der Waals surface area contributed by atoms with E-state index in [4.69, 9.17) is 14.9 Å². The predicted octanol–water partition coefficient (Wildman–Crippen LogP) is 4.80. The fourth-order valence-electron chi connectivity index (χ4n) is 9.93. The first kappa shape index (κ1) is 60.3. The summed E-state index contributed by atoms with van der Waals surface area (Å²) >= 11 is 2.77. The molecule has 0 bridgehead atoms. The second-order valence-corrected chi connectivity index (χ2v) is 24.8. The maximum atomic E-state index is 14.2. The monoisotopic (exact) mass is 1150 g/mol. The normalized spacial score (nSPS) is 18.9. The van der Waals surface area contributed by atoms with Crippen molar-refractivity contribution in [1.29, 1.82) is 0 Å². The van der Waals surface area contributed by atoms with E-state index in [1.54, 1.807) is 16.8 Å². The number of amides is 6. The minimum absolute atomic E-state index is 0.0282. The van der Waals surface area contributed by atoms with Crippen LogP contribution < -0.4 is 26.2 Å². The Morgan fingerprint density at radius 1 is 0.950 bits per heavy atom. The van der Waals surface area contributed by atoms with Crippen LogP contribution in [0, 0.1) is 18.3 Å². The van der Waals surface area contributed by atoms with Crippen LogP contribution in [0.2, 0.25) is 0 Å². The third-order valence-corrected chi connectivity index (χ3v) is 17.1. The van der Waals surface area contributed by atoms with Crippen molar-refractivity contribution in [1.82, 2.24) is 39.7 Å². The third kappa shape index (κ3) is 15.5. The van der Waals surface area contributed by atoms with Gasteiger partial charge in [0, 0.05) is 62.7 Å². The van der Waals surface area contributed by atoms with Gasteiger partial charge in [-0.05, 0) is 73.0 Å². The number of aliphatic hydroxyl groups is 1. The number of rotatable bonds is 20. The molecule has 80 heavy (non-hydrogen) atoms. The van der Waals surface area contributed by atoms with Crippen molar-refractivity contribution in [3.05, 3.63) is 125 Å². The van der Waals surface area contributed by atoms with E-state index in [0.29, 0.717) is 51.0 Å². The summed E-state index contributed by atoms with van der Waals surface area (Å²) in [6.45, 7) is 8.89. The van der Waals surface area contributed by atoms with Crippen LogP contribution in [0.25, 0.3) is 16.0 Å². The molecule has 8 rings (SSSR count). The number of aryl methyl sites for hydroxylation is 1. The largest absolute Gasteiger partial charge is 0.483 e. The van der Waals surface area contributed by atoms with Gasteiger partial charge in [-0.25, -0.2) is 18.4 Å². The second kappa shape index (κ2) is 26.7. The van der Waals surface area contributed by atoms with Crippen molar-refractivity contribution < 1.29 is 52.2 Å². The molecule has 6 N–H and O–H groups in total. The lowest BCUT2D eigenvalue weighted by Crippen LogP contribution is -2.58. The number of carbonyl (C=O) groups is 7. The zero-order valence-corrected chi connectivity index (χ0v) is 47.7. The number of β-amino-alcohol motifs (C(OH)–C–C–N with tert-alkyl or cyclic N) is 1. The van der Waals surface area contributed by atoms with Crippen LogP contribution in [0.15, 0.2) is 102 Å². The standard InChI is InChI=1S/C55H66N10O9S3.CH2O2/c1-36-48(76-34-58-36)39-15-13-37(14-16-39)28-56-51(71)44-26-43(67)30-65(44)52(72)49(54(2,3)4)60-46(68)20-24-62-22-17-40(18-23-62)50(70)57-33-55(21-9-12-41(27-55)38-10-7-6-8-11-38)45-32-75-53(59-45)61-47(69)31-63(35-66)42-19-25-64(29-42)77(5,73)74;2-1-3/h6-16,19,21,25,29,32,34-35,40,43-44,49,67H,17-18,20,22-24,26-28,30-31,33H2,1-5H3,(H,56,71)(H,57,70)(H,60,68)(H,59,61,69);1H,(H,2,3)/t43-,44+,49-,55?;/m1./s1. The zero-order chi connectivity index (χ0) is 57.8. The number of likely N-dealkylation sites (tertiary alicyclic amines) is 2. The molecular formula is C56H68N10O11S3. The number of aromatic nitrogens is 3. The molecule has 5 aromatic rings. The van der Waals surface area contributed by atoms with Crippen molar-refractivity contribution in [3.8, 4) is 10.4 Å². The number of aliphatic hydroxyl groups excluding tert-OH is 1. The molecule has 3 aliphatic rings. The molecule has 1 aliphatic carbocycles.